The molecule has 7 nitrogen and oxygen atoms in total. The first-order valence-corrected chi connectivity index (χ1v) is 8.08. The van der Waals surface area contributed by atoms with E-state index in [2.05, 4.69) is 43.3 Å². The fourth-order valence-electron chi connectivity index (χ4n) is 3.44. The van der Waals surface area contributed by atoms with Crippen LogP contribution in [0.3, 0.4) is 0 Å². The van der Waals surface area contributed by atoms with Gasteiger partial charge in [-0.15, -0.1) is 0 Å². The Kier molecular flexibility index (Phi) is 3.78. The molecule has 1 aliphatic rings. The van der Waals surface area contributed by atoms with Gasteiger partial charge in [0.2, 0.25) is 0 Å². The van der Waals surface area contributed by atoms with Crippen LogP contribution in [0, 0.1) is 0 Å². The standard InChI is InChI=1S/C17H20N6O/c1-24-17-19-7-6-15(21-17)23-8-2-3-13(18)16(23)11-4-5-14-12(9-11)10-20-22-14/h4-7,9-10,13,16H,2-3,8,18H2,1H3,(H,20,22). The Morgan fingerprint density at radius 1 is 1.33 bits per heavy atom. The smallest absolute Gasteiger partial charge is 0.318 e. The molecule has 24 heavy (non-hydrogen) atoms. The third-order valence-corrected chi connectivity index (χ3v) is 4.58. The molecule has 0 spiro atoms. The van der Waals surface area contributed by atoms with Crippen LogP contribution in [0.25, 0.3) is 10.9 Å². The molecule has 2 atom stereocenters. The molecule has 2 unspecified atom stereocenters. The van der Waals surface area contributed by atoms with Crippen molar-refractivity contribution in [1.82, 2.24) is 20.2 Å². The highest BCUT2D eigenvalue weighted by atomic mass is 16.5. The van der Waals surface area contributed by atoms with Crippen molar-refractivity contribution < 1.29 is 4.74 Å². The van der Waals surface area contributed by atoms with Crippen molar-refractivity contribution in [1.29, 1.82) is 0 Å². The number of aromatic amines is 1. The molecule has 7 heteroatoms. The van der Waals surface area contributed by atoms with Gasteiger partial charge in [-0.2, -0.15) is 10.1 Å². The van der Waals surface area contributed by atoms with E-state index in [1.54, 1.807) is 13.3 Å². The maximum atomic E-state index is 6.49. The highest BCUT2D eigenvalue weighted by Gasteiger charge is 2.31. The summed E-state index contributed by atoms with van der Waals surface area (Å²) >= 11 is 0. The Morgan fingerprint density at radius 2 is 2.25 bits per heavy atom. The van der Waals surface area contributed by atoms with Gasteiger partial charge in [-0.25, -0.2) is 4.98 Å². The molecular formula is C17H20N6O. The third kappa shape index (κ3) is 2.56. The van der Waals surface area contributed by atoms with E-state index in [0.717, 1.165) is 36.1 Å². The summed E-state index contributed by atoms with van der Waals surface area (Å²) in [5.41, 5.74) is 8.69. The van der Waals surface area contributed by atoms with Crippen LogP contribution in [0.5, 0.6) is 6.01 Å². The van der Waals surface area contributed by atoms with E-state index in [-0.39, 0.29) is 12.1 Å². The van der Waals surface area contributed by atoms with Crippen molar-refractivity contribution in [3.8, 4) is 6.01 Å². The molecular weight excluding hydrogens is 304 g/mol. The lowest BCUT2D eigenvalue weighted by atomic mass is 9.90. The van der Waals surface area contributed by atoms with Crippen LogP contribution < -0.4 is 15.4 Å². The van der Waals surface area contributed by atoms with Gasteiger partial charge in [0.25, 0.3) is 0 Å². The molecule has 1 aliphatic heterocycles. The molecule has 0 bridgehead atoms. The molecule has 3 N–H and O–H groups in total. The summed E-state index contributed by atoms with van der Waals surface area (Å²) in [5, 5.41) is 8.17. The molecule has 1 fully saturated rings. The van der Waals surface area contributed by atoms with Gasteiger partial charge in [-0.05, 0) is 36.6 Å². The van der Waals surface area contributed by atoms with Crippen LogP contribution >= 0.6 is 0 Å². The van der Waals surface area contributed by atoms with E-state index in [1.165, 1.54) is 5.56 Å². The van der Waals surface area contributed by atoms with Crippen molar-refractivity contribution in [2.75, 3.05) is 18.6 Å². The van der Waals surface area contributed by atoms with Gasteiger partial charge in [0.1, 0.15) is 5.82 Å². The average Bonchev–Trinajstić information content (AvgIpc) is 3.09. The number of piperidine rings is 1. The van der Waals surface area contributed by atoms with E-state index >= 15 is 0 Å². The summed E-state index contributed by atoms with van der Waals surface area (Å²) < 4.78 is 5.17. The fraction of sp³-hybridized carbons (Fsp3) is 0.353. The highest BCUT2D eigenvalue weighted by Crippen LogP contribution is 2.34. The number of anilines is 1. The van der Waals surface area contributed by atoms with Crippen LogP contribution in [0.15, 0.2) is 36.7 Å². The lowest BCUT2D eigenvalue weighted by Crippen LogP contribution is -2.46. The summed E-state index contributed by atoms with van der Waals surface area (Å²) in [6.45, 7) is 0.905. The largest absolute Gasteiger partial charge is 0.467 e. The fourth-order valence-corrected chi connectivity index (χ4v) is 3.44. The van der Waals surface area contributed by atoms with Crippen molar-refractivity contribution in [2.24, 2.45) is 5.73 Å². The van der Waals surface area contributed by atoms with Crippen molar-refractivity contribution in [3.63, 3.8) is 0 Å². The number of nitrogens with zero attached hydrogens (tertiary/aromatic N) is 4. The first kappa shape index (κ1) is 14.9. The van der Waals surface area contributed by atoms with Gasteiger partial charge in [0, 0.05) is 24.2 Å². The quantitative estimate of drug-likeness (QED) is 0.766. The second-order valence-corrected chi connectivity index (χ2v) is 6.06. The Morgan fingerprint density at radius 3 is 3.12 bits per heavy atom. The zero-order chi connectivity index (χ0) is 16.5. The minimum Gasteiger partial charge on any atom is -0.467 e. The molecule has 2 aromatic heterocycles. The van der Waals surface area contributed by atoms with E-state index in [0.29, 0.717) is 6.01 Å². The van der Waals surface area contributed by atoms with Gasteiger partial charge in [-0.3, -0.25) is 5.10 Å². The van der Waals surface area contributed by atoms with E-state index in [1.807, 2.05) is 12.3 Å². The minimum absolute atomic E-state index is 0.0454. The van der Waals surface area contributed by atoms with E-state index in [4.69, 9.17) is 10.5 Å². The molecule has 4 rings (SSSR count). The van der Waals surface area contributed by atoms with Crippen LogP contribution in [-0.4, -0.2) is 39.9 Å². The summed E-state index contributed by atoms with van der Waals surface area (Å²) in [5.74, 6) is 0.842. The Labute approximate surface area is 139 Å². The van der Waals surface area contributed by atoms with Crippen molar-refractivity contribution >= 4 is 16.7 Å². The SMILES string of the molecule is COc1nccc(N2CCCC(N)C2c2ccc3[nH]ncc3c2)n1. The summed E-state index contributed by atoms with van der Waals surface area (Å²) in [4.78, 5) is 10.8. The van der Waals surface area contributed by atoms with Crippen molar-refractivity contribution in [2.45, 2.75) is 24.9 Å². The molecule has 3 aromatic rings. The predicted octanol–water partition coefficient (Wildman–Crippen LogP) is 2.03. The van der Waals surface area contributed by atoms with Crippen LogP contribution in [0.4, 0.5) is 5.82 Å². The number of nitrogens with two attached hydrogens (primary N) is 1. The Bertz CT molecular complexity index is 848. The molecule has 1 aromatic carbocycles. The second-order valence-electron chi connectivity index (χ2n) is 6.06. The first-order valence-electron chi connectivity index (χ1n) is 8.08. The molecule has 0 amide bonds. The number of hydrogen-bond donors (Lipinski definition) is 2. The monoisotopic (exact) mass is 324 g/mol. The summed E-state index contributed by atoms with van der Waals surface area (Å²) in [6, 6.07) is 8.71. The lowest BCUT2D eigenvalue weighted by molar-refractivity contribution is 0.374. The molecule has 3 heterocycles. The normalized spacial score (nSPS) is 21.2. The third-order valence-electron chi connectivity index (χ3n) is 4.58. The Hall–Kier alpha value is -2.67. The number of ether oxygens (including phenoxy) is 1. The highest BCUT2D eigenvalue weighted by molar-refractivity contribution is 5.78. The maximum Gasteiger partial charge on any atom is 0.318 e. The van der Waals surface area contributed by atoms with Crippen LogP contribution in [-0.2, 0) is 0 Å². The molecule has 0 saturated carbocycles. The summed E-state index contributed by atoms with van der Waals surface area (Å²) in [6.07, 6.45) is 5.59. The number of methoxy groups -OCH3 is 1. The van der Waals surface area contributed by atoms with Gasteiger partial charge in [0.15, 0.2) is 0 Å². The molecule has 1 saturated heterocycles. The zero-order valence-electron chi connectivity index (χ0n) is 13.5. The number of fused-ring (bicyclic) bond motifs is 1. The minimum atomic E-state index is 0.0454. The van der Waals surface area contributed by atoms with Crippen LogP contribution in [0.2, 0.25) is 0 Å². The maximum absolute atomic E-state index is 6.49. The van der Waals surface area contributed by atoms with Gasteiger partial charge in [0.05, 0.1) is 24.9 Å². The van der Waals surface area contributed by atoms with Gasteiger partial charge < -0.3 is 15.4 Å². The molecule has 0 aliphatic carbocycles. The molecule has 0 radical (unpaired) electrons. The number of H-pyrrole nitrogens is 1. The first-order chi connectivity index (χ1) is 11.8. The number of rotatable bonds is 3. The Balaban J connectivity index is 1.76. The number of aromatic nitrogens is 4. The van der Waals surface area contributed by atoms with E-state index in [9.17, 15) is 0 Å². The molecule has 124 valence electrons. The van der Waals surface area contributed by atoms with Gasteiger partial charge in [-0.1, -0.05) is 6.07 Å². The summed E-state index contributed by atoms with van der Waals surface area (Å²) in [7, 11) is 1.57. The van der Waals surface area contributed by atoms with Crippen LogP contribution in [0.1, 0.15) is 24.4 Å². The topological polar surface area (TPSA) is 92.9 Å². The van der Waals surface area contributed by atoms with E-state index < -0.39 is 0 Å². The van der Waals surface area contributed by atoms with Gasteiger partial charge >= 0.3 is 6.01 Å². The average molecular weight is 324 g/mol. The lowest BCUT2D eigenvalue weighted by Gasteiger charge is -2.41. The number of nitrogens with one attached hydrogen (secondary N) is 1. The number of benzene rings is 1. The predicted molar refractivity (Wildman–Crippen MR) is 92.0 cm³/mol. The number of hydrogen-bond acceptors (Lipinski definition) is 6. The van der Waals surface area contributed by atoms with Crippen molar-refractivity contribution in [3.05, 3.63) is 42.2 Å². The zero-order valence-corrected chi connectivity index (χ0v) is 13.5. The second kappa shape index (κ2) is 6.09.